The molecule has 2 rings (SSSR count). The third-order valence-corrected chi connectivity index (χ3v) is 2.70. The predicted molar refractivity (Wildman–Crippen MR) is 68.9 cm³/mol. The number of aryl methyl sites for hydroxylation is 1. The average molecular weight is 258 g/mol. The van der Waals surface area contributed by atoms with E-state index < -0.39 is 0 Å². The highest BCUT2D eigenvalue weighted by molar-refractivity contribution is 5.95. The number of rotatable bonds is 4. The number of nitrogens with zero attached hydrogens (tertiary/aromatic N) is 1. The second kappa shape index (κ2) is 5.48. The molecule has 0 aliphatic carbocycles. The molecule has 0 spiro atoms. The molecule has 0 unspecified atom stereocenters. The summed E-state index contributed by atoms with van der Waals surface area (Å²) in [6, 6.07) is 6.69. The monoisotopic (exact) mass is 258 g/mol. The van der Waals surface area contributed by atoms with E-state index in [4.69, 9.17) is 4.42 Å². The third-order valence-electron chi connectivity index (χ3n) is 2.70. The van der Waals surface area contributed by atoms with Gasteiger partial charge in [-0.25, -0.2) is 0 Å². The molecule has 19 heavy (non-hydrogen) atoms. The molecule has 5 nitrogen and oxygen atoms in total. The number of amides is 1. The normalized spacial score (nSPS) is 10.2. The van der Waals surface area contributed by atoms with Crippen LogP contribution in [0, 0.1) is 6.92 Å². The van der Waals surface area contributed by atoms with Crippen LogP contribution in [0.2, 0.25) is 0 Å². The molecule has 0 bridgehead atoms. The van der Waals surface area contributed by atoms with Crippen molar-refractivity contribution in [3.05, 3.63) is 53.2 Å². The fourth-order valence-corrected chi connectivity index (χ4v) is 1.75. The van der Waals surface area contributed by atoms with E-state index in [1.165, 1.54) is 13.2 Å². The summed E-state index contributed by atoms with van der Waals surface area (Å²) in [5.41, 5.74) is 1.96. The summed E-state index contributed by atoms with van der Waals surface area (Å²) in [6.45, 7) is 3.56. The lowest BCUT2D eigenvalue weighted by Crippen LogP contribution is -2.23. The first-order chi connectivity index (χ1) is 9.08. The minimum Gasteiger partial charge on any atom is -0.459 e. The number of nitrogens with one attached hydrogen (secondary N) is 1. The Morgan fingerprint density at radius 2 is 2.11 bits per heavy atom. The SMILES string of the molecule is CC(=O)c1ccc(CNC(=O)c2ccco2)nc1C. The van der Waals surface area contributed by atoms with Crippen molar-refractivity contribution in [2.45, 2.75) is 20.4 Å². The lowest BCUT2D eigenvalue weighted by molar-refractivity contribution is 0.0921. The number of hydrogen-bond donors (Lipinski definition) is 1. The van der Waals surface area contributed by atoms with E-state index in [0.717, 1.165) is 0 Å². The van der Waals surface area contributed by atoms with Crippen molar-refractivity contribution >= 4 is 11.7 Å². The van der Waals surface area contributed by atoms with Crippen LogP contribution in [0.15, 0.2) is 34.9 Å². The summed E-state index contributed by atoms with van der Waals surface area (Å²) in [7, 11) is 0. The van der Waals surface area contributed by atoms with Gasteiger partial charge < -0.3 is 9.73 Å². The Labute approximate surface area is 110 Å². The highest BCUT2D eigenvalue weighted by atomic mass is 16.3. The molecule has 0 radical (unpaired) electrons. The van der Waals surface area contributed by atoms with Crippen LogP contribution in [-0.4, -0.2) is 16.7 Å². The minimum absolute atomic E-state index is 0.0174. The molecule has 1 N–H and O–H groups in total. The molecule has 0 atom stereocenters. The van der Waals surface area contributed by atoms with Crippen LogP contribution in [0.5, 0.6) is 0 Å². The van der Waals surface area contributed by atoms with E-state index in [-0.39, 0.29) is 17.5 Å². The average Bonchev–Trinajstić information content (AvgIpc) is 2.89. The van der Waals surface area contributed by atoms with Crippen molar-refractivity contribution in [2.24, 2.45) is 0 Å². The van der Waals surface area contributed by atoms with E-state index >= 15 is 0 Å². The molecule has 0 saturated carbocycles. The topological polar surface area (TPSA) is 72.2 Å². The van der Waals surface area contributed by atoms with Gasteiger partial charge in [0.25, 0.3) is 5.91 Å². The molecule has 1 amide bonds. The summed E-state index contributed by atoms with van der Waals surface area (Å²) in [5, 5.41) is 2.70. The first kappa shape index (κ1) is 13.0. The van der Waals surface area contributed by atoms with Crippen molar-refractivity contribution in [3.63, 3.8) is 0 Å². The molecular weight excluding hydrogens is 244 g/mol. The third kappa shape index (κ3) is 3.07. The number of furan rings is 1. The maximum absolute atomic E-state index is 11.7. The number of hydrogen-bond acceptors (Lipinski definition) is 4. The van der Waals surface area contributed by atoms with E-state index in [1.807, 2.05) is 0 Å². The number of pyridine rings is 1. The van der Waals surface area contributed by atoms with Crippen molar-refractivity contribution in [1.82, 2.24) is 10.3 Å². The number of carbonyl (C=O) groups is 2. The second-order valence-electron chi connectivity index (χ2n) is 4.15. The van der Waals surface area contributed by atoms with Gasteiger partial charge in [0, 0.05) is 11.3 Å². The summed E-state index contributed by atoms with van der Waals surface area (Å²) >= 11 is 0. The van der Waals surface area contributed by atoms with Crippen molar-refractivity contribution in [2.75, 3.05) is 0 Å². The first-order valence-corrected chi connectivity index (χ1v) is 5.87. The zero-order valence-electron chi connectivity index (χ0n) is 10.8. The number of Topliss-reactive ketones (excluding diaryl/α,β-unsaturated/α-hetero) is 1. The van der Waals surface area contributed by atoms with Crippen LogP contribution < -0.4 is 5.32 Å². The van der Waals surface area contributed by atoms with Gasteiger partial charge in [-0.05, 0) is 38.1 Å². The molecule has 2 aromatic heterocycles. The quantitative estimate of drug-likeness (QED) is 0.852. The molecule has 0 aliphatic heterocycles. The van der Waals surface area contributed by atoms with Crippen LogP contribution >= 0.6 is 0 Å². The Morgan fingerprint density at radius 1 is 1.32 bits per heavy atom. The van der Waals surface area contributed by atoms with Crippen molar-refractivity contribution < 1.29 is 14.0 Å². The maximum Gasteiger partial charge on any atom is 0.287 e. The first-order valence-electron chi connectivity index (χ1n) is 5.87. The summed E-state index contributed by atoms with van der Waals surface area (Å²) < 4.78 is 4.98. The lowest BCUT2D eigenvalue weighted by atomic mass is 10.1. The molecule has 0 fully saturated rings. The van der Waals surface area contributed by atoms with Gasteiger partial charge in [-0.1, -0.05) is 0 Å². The molecule has 0 aromatic carbocycles. The largest absolute Gasteiger partial charge is 0.459 e. The summed E-state index contributed by atoms with van der Waals surface area (Å²) in [5.74, 6) is -0.0478. The van der Waals surface area contributed by atoms with Crippen LogP contribution in [0.1, 0.15) is 39.2 Å². The summed E-state index contributed by atoms with van der Waals surface area (Å²) in [4.78, 5) is 27.2. The second-order valence-corrected chi connectivity index (χ2v) is 4.15. The van der Waals surface area contributed by atoms with Gasteiger partial charge >= 0.3 is 0 Å². The van der Waals surface area contributed by atoms with Crippen LogP contribution in [0.4, 0.5) is 0 Å². The summed E-state index contributed by atoms with van der Waals surface area (Å²) in [6.07, 6.45) is 1.44. The van der Waals surface area contributed by atoms with Gasteiger partial charge in [-0.3, -0.25) is 14.6 Å². The van der Waals surface area contributed by atoms with E-state index in [1.54, 1.807) is 31.2 Å². The fourth-order valence-electron chi connectivity index (χ4n) is 1.75. The van der Waals surface area contributed by atoms with E-state index in [0.29, 0.717) is 23.5 Å². The van der Waals surface area contributed by atoms with Crippen molar-refractivity contribution in [3.8, 4) is 0 Å². The molecule has 5 heteroatoms. The fraction of sp³-hybridized carbons (Fsp3) is 0.214. The van der Waals surface area contributed by atoms with Gasteiger partial charge in [-0.2, -0.15) is 0 Å². The van der Waals surface area contributed by atoms with Crippen LogP contribution in [-0.2, 0) is 6.54 Å². The van der Waals surface area contributed by atoms with Crippen LogP contribution in [0.3, 0.4) is 0 Å². The molecule has 98 valence electrons. The number of carbonyl (C=O) groups excluding carboxylic acids is 2. The molecule has 0 aliphatic rings. The Hall–Kier alpha value is -2.43. The van der Waals surface area contributed by atoms with E-state index in [2.05, 4.69) is 10.3 Å². The molecule has 0 saturated heterocycles. The van der Waals surface area contributed by atoms with Crippen LogP contribution in [0.25, 0.3) is 0 Å². The van der Waals surface area contributed by atoms with Gasteiger partial charge in [0.05, 0.1) is 18.5 Å². The maximum atomic E-state index is 11.7. The number of ketones is 1. The van der Waals surface area contributed by atoms with Crippen molar-refractivity contribution in [1.29, 1.82) is 0 Å². The standard InChI is InChI=1S/C14H14N2O3/c1-9-12(10(2)17)6-5-11(16-9)8-15-14(18)13-4-3-7-19-13/h3-7H,8H2,1-2H3,(H,15,18). The highest BCUT2D eigenvalue weighted by Gasteiger charge is 2.09. The molecular formula is C14H14N2O3. The van der Waals surface area contributed by atoms with Gasteiger partial charge in [0.2, 0.25) is 0 Å². The lowest BCUT2D eigenvalue weighted by Gasteiger charge is -2.06. The molecule has 2 aromatic rings. The Balaban J connectivity index is 2.02. The smallest absolute Gasteiger partial charge is 0.287 e. The Bertz CT molecular complexity index is 603. The zero-order valence-corrected chi connectivity index (χ0v) is 10.8. The minimum atomic E-state index is -0.292. The van der Waals surface area contributed by atoms with Gasteiger partial charge in [-0.15, -0.1) is 0 Å². The van der Waals surface area contributed by atoms with Gasteiger partial charge in [0.1, 0.15) is 0 Å². The molecule has 2 heterocycles. The highest BCUT2D eigenvalue weighted by Crippen LogP contribution is 2.08. The van der Waals surface area contributed by atoms with E-state index in [9.17, 15) is 9.59 Å². The number of aromatic nitrogens is 1. The van der Waals surface area contributed by atoms with Gasteiger partial charge in [0.15, 0.2) is 11.5 Å². The Kier molecular flexibility index (Phi) is 3.75. The zero-order chi connectivity index (χ0) is 13.8. The predicted octanol–water partition coefficient (Wildman–Crippen LogP) is 2.12. The Morgan fingerprint density at radius 3 is 2.68 bits per heavy atom.